The molecule has 37 heavy (non-hydrogen) atoms. The average molecular weight is 479 g/mol. The SMILES string of the molecule is [2H]c1c([2H])c([2H])c2c(-c3c4ccccc4c(-c4ccc5oc6c([2H])cccc6c5c4)c4ccccc34)c([2H])c([2H])c([2H])c2c1[2H]. The molecule has 0 saturated carbocycles. The van der Waals surface area contributed by atoms with Crippen molar-refractivity contribution in [2.24, 2.45) is 0 Å². The van der Waals surface area contributed by atoms with E-state index in [1.54, 1.807) is 6.07 Å². The van der Waals surface area contributed by atoms with E-state index >= 15 is 0 Å². The van der Waals surface area contributed by atoms with Gasteiger partial charge in [0.15, 0.2) is 0 Å². The molecule has 0 saturated heterocycles. The van der Waals surface area contributed by atoms with E-state index in [9.17, 15) is 0 Å². The molecule has 172 valence electrons. The van der Waals surface area contributed by atoms with Crippen molar-refractivity contribution >= 4 is 54.3 Å². The molecule has 0 fully saturated rings. The maximum absolute atomic E-state index is 9.10. The summed E-state index contributed by atoms with van der Waals surface area (Å²) in [5.74, 6) is 0. The van der Waals surface area contributed by atoms with Crippen LogP contribution < -0.4 is 0 Å². The molecule has 0 aliphatic heterocycles. The third-order valence-electron chi connectivity index (χ3n) is 7.08. The van der Waals surface area contributed by atoms with Crippen molar-refractivity contribution < 1.29 is 15.4 Å². The summed E-state index contributed by atoms with van der Waals surface area (Å²) in [4.78, 5) is 0. The molecule has 1 nitrogen and oxygen atoms in total. The molecule has 0 amide bonds. The van der Waals surface area contributed by atoms with E-state index in [1.165, 1.54) is 0 Å². The van der Waals surface area contributed by atoms with Crippen molar-refractivity contribution in [1.29, 1.82) is 0 Å². The third kappa shape index (κ3) is 2.98. The van der Waals surface area contributed by atoms with Crippen LogP contribution in [0.25, 0.3) is 76.5 Å². The minimum absolute atomic E-state index is 0.0625. The van der Waals surface area contributed by atoms with E-state index in [1.807, 2.05) is 72.8 Å². The molecular weight excluding hydrogens is 448 g/mol. The lowest BCUT2D eigenvalue weighted by molar-refractivity contribution is 0.669. The Hall–Kier alpha value is -4.88. The number of benzene rings is 7. The first-order chi connectivity index (χ1) is 21.7. The topological polar surface area (TPSA) is 13.1 Å². The molecule has 0 N–H and O–H groups in total. The summed E-state index contributed by atoms with van der Waals surface area (Å²) in [7, 11) is 0. The third-order valence-corrected chi connectivity index (χ3v) is 7.08. The van der Waals surface area contributed by atoms with Gasteiger partial charge in [0.05, 0.1) is 11.0 Å². The summed E-state index contributed by atoms with van der Waals surface area (Å²) in [5.41, 5.74) is 3.84. The summed E-state index contributed by atoms with van der Waals surface area (Å²) in [6, 6.07) is 24.5. The van der Waals surface area contributed by atoms with Gasteiger partial charge in [0, 0.05) is 10.8 Å². The lowest BCUT2D eigenvalue weighted by Crippen LogP contribution is -1.91. The lowest BCUT2D eigenvalue weighted by Gasteiger charge is -2.18. The van der Waals surface area contributed by atoms with Crippen LogP contribution in [0.15, 0.2) is 138 Å². The van der Waals surface area contributed by atoms with Crippen LogP contribution in [0.4, 0.5) is 0 Å². The number of hydrogen-bond acceptors (Lipinski definition) is 1. The van der Waals surface area contributed by atoms with Gasteiger partial charge in [-0.3, -0.25) is 0 Å². The minimum Gasteiger partial charge on any atom is -0.456 e. The smallest absolute Gasteiger partial charge is 0.135 e. The van der Waals surface area contributed by atoms with Gasteiger partial charge in [0.2, 0.25) is 0 Å². The van der Waals surface area contributed by atoms with Crippen LogP contribution in [-0.4, -0.2) is 0 Å². The lowest BCUT2D eigenvalue weighted by atomic mass is 9.84. The number of rotatable bonds is 2. The molecule has 0 bridgehead atoms. The van der Waals surface area contributed by atoms with Crippen molar-refractivity contribution in [1.82, 2.24) is 0 Å². The van der Waals surface area contributed by atoms with Crippen molar-refractivity contribution in [2.45, 2.75) is 0 Å². The molecule has 0 aliphatic carbocycles. The Balaban J connectivity index is 1.56. The number of fused-ring (bicyclic) bond motifs is 6. The zero-order chi connectivity index (χ0) is 31.3. The van der Waals surface area contributed by atoms with Crippen molar-refractivity contribution in [3.8, 4) is 22.3 Å². The van der Waals surface area contributed by atoms with Gasteiger partial charge < -0.3 is 4.42 Å². The van der Waals surface area contributed by atoms with Crippen LogP contribution in [0, 0.1) is 0 Å². The summed E-state index contributed by atoms with van der Waals surface area (Å²) in [6.45, 7) is 0. The fourth-order valence-corrected chi connectivity index (χ4v) is 5.52. The second-order valence-electron chi connectivity index (χ2n) is 9.07. The van der Waals surface area contributed by atoms with E-state index in [2.05, 4.69) is 6.07 Å². The largest absolute Gasteiger partial charge is 0.456 e. The zero-order valence-corrected chi connectivity index (χ0v) is 19.5. The van der Waals surface area contributed by atoms with E-state index < -0.39 is 30.2 Å². The van der Waals surface area contributed by atoms with Crippen molar-refractivity contribution in [3.05, 3.63) is 133 Å². The van der Waals surface area contributed by atoms with Gasteiger partial charge >= 0.3 is 0 Å². The molecule has 0 unspecified atom stereocenters. The Morgan fingerprint density at radius 1 is 0.459 bits per heavy atom. The number of para-hydroxylation sites is 1. The molecule has 8 aromatic rings. The van der Waals surface area contributed by atoms with Crippen LogP contribution in [0.3, 0.4) is 0 Å². The first kappa shape index (κ1) is 14.0. The van der Waals surface area contributed by atoms with Crippen molar-refractivity contribution in [2.75, 3.05) is 0 Å². The van der Waals surface area contributed by atoms with Crippen LogP contribution in [-0.2, 0) is 0 Å². The fraction of sp³-hybridized carbons (Fsp3) is 0. The van der Waals surface area contributed by atoms with Gasteiger partial charge in [-0.05, 0) is 72.7 Å². The van der Waals surface area contributed by atoms with Crippen LogP contribution in [0.1, 0.15) is 11.0 Å². The predicted molar refractivity (Wildman–Crippen MR) is 157 cm³/mol. The van der Waals surface area contributed by atoms with E-state index in [0.717, 1.165) is 43.4 Å². The summed E-state index contributed by atoms with van der Waals surface area (Å²) in [5, 5.41) is 4.93. The molecular formula is C36H22O. The van der Waals surface area contributed by atoms with Gasteiger partial charge in [-0.15, -0.1) is 0 Å². The fourth-order valence-electron chi connectivity index (χ4n) is 5.52. The Morgan fingerprint density at radius 3 is 1.89 bits per heavy atom. The molecule has 1 aromatic heterocycles. The Labute approximate surface area is 225 Å². The highest BCUT2D eigenvalue weighted by Crippen LogP contribution is 2.45. The van der Waals surface area contributed by atoms with Crippen molar-refractivity contribution in [3.63, 3.8) is 0 Å². The number of furan rings is 1. The summed E-state index contributed by atoms with van der Waals surface area (Å²) in [6.07, 6.45) is 0. The monoisotopic (exact) mass is 478 g/mol. The molecule has 0 radical (unpaired) electrons. The maximum atomic E-state index is 9.10. The molecule has 7 aromatic carbocycles. The van der Waals surface area contributed by atoms with E-state index in [-0.39, 0.29) is 28.4 Å². The van der Waals surface area contributed by atoms with Gasteiger partial charge in [-0.2, -0.15) is 0 Å². The molecule has 0 aliphatic rings. The summed E-state index contributed by atoms with van der Waals surface area (Å²) >= 11 is 0. The second-order valence-corrected chi connectivity index (χ2v) is 9.07. The highest BCUT2D eigenvalue weighted by Gasteiger charge is 2.18. The van der Waals surface area contributed by atoms with Gasteiger partial charge in [-0.25, -0.2) is 0 Å². The first-order valence-electron chi connectivity index (χ1n) is 16.0. The number of hydrogen-bond donors (Lipinski definition) is 0. The molecule has 0 atom stereocenters. The average Bonchev–Trinajstić information content (AvgIpc) is 3.43. The van der Waals surface area contributed by atoms with E-state index in [0.29, 0.717) is 22.8 Å². The molecule has 8 rings (SSSR count). The highest BCUT2D eigenvalue weighted by atomic mass is 16.3. The van der Waals surface area contributed by atoms with Crippen LogP contribution in [0.5, 0.6) is 0 Å². The van der Waals surface area contributed by atoms with Crippen LogP contribution >= 0.6 is 0 Å². The van der Waals surface area contributed by atoms with Gasteiger partial charge in [-0.1, -0.05) is 115 Å². The molecule has 1 heterocycles. The Morgan fingerprint density at radius 2 is 1.11 bits per heavy atom. The second kappa shape index (κ2) is 7.81. The van der Waals surface area contributed by atoms with Gasteiger partial charge in [0.25, 0.3) is 0 Å². The van der Waals surface area contributed by atoms with Crippen LogP contribution in [0.2, 0.25) is 0 Å². The maximum Gasteiger partial charge on any atom is 0.135 e. The molecule has 1 heteroatoms. The first-order valence-corrected chi connectivity index (χ1v) is 12.0. The molecule has 0 spiro atoms. The summed E-state index contributed by atoms with van der Waals surface area (Å²) < 4.78 is 74.9. The normalized spacial score (nSPS) is 14.8. The Bertz CT molecular complexity index is 2520. The minimum atomic E-state index is -0.478. The predicted octanol–water partition coefficient (Wildman–Crippen LogP) is 10.4. The highest BCUT2D eigenvalue weighted by molar-refractivity contribution is 6.24. The van der Waals surface area contributed by atoms with Gasteiger partial charge in [0.1, 0.15) is 11.2 Å². The standard InChI is InChI=1S/C36H22O/c1-2-12-25-23(10-1)11-9-18-27(25)36-30-16-5-3-14-28(30)35(29-15-4-6-17-31(29)36)24-20-21-34-32(22-24)26-13-7-8-19-33(26)37-34/h1-22H/i1D,2D,9D,10D,11D,12D,18D,19D. The zero-order valence-electron chi connectivity index (χ0n) is 27.5. The quantitative estimate of drug-likeness (QED) is 0.225. The Kier molecular flexibility index (Phi) is 2.96. The van der Waals surface area contributed by atoms with E-state index in [4.69, 9.17) is 15.4 Å².